The number of halogens is 3. The van der Waals surface area contributed by atoms with Gasteiger partial charge in [-0.3, -0.25) is 9.59 Å². The Labute approximate surface area is 205 Å². The highest BCUT2D eigenvalue weighted by Crippen LogP contribution is 2.31. The van der Waals surface area contributed by atoms with Gasteiger partial charge in [0.25, 0.3) is 5.91 Å². The van der Waals surface area contributed by atoms with E-state index in [2.05, 4.69) is 15.7 Å². The number of carbonyl (C=O) groups excluding carboxylic acids is 3. The zero-order valence-corrected chi connectivity index (χ0v) is 19.7. The van der Waals surface area contributed by atoms with E-state index in [4.69, 9.17) is 9.47 Å². The molecule has 1 saturated heterocycles. The van der Waals surface area contributed by atoms with Gasteiger partial charge >= 0.3 is 12.3 Å². The van der Waals surface area contributed by atoms with Crippen LogP contribution in [0.1, 0.15) is 28.9 Å². The fraction of sp³-hybridized carbons (Fsp3) is 0.478. The van der Waals surface area contributed by atoms with Gasteiger partial charge in [-0.25, -0.2) is 9.48 Å². The van der Waals surface area contributed by atoms with Crippen molar-refractivity contribution in [3.05, 3.63) is 47.8 Å². The van der Waals surface area contributed by atoms with Gasteiger partial charge in [-0.15, -0.1) is 0 Å². The molecule has 1 aromatic heterocycles. The zero-order chi connectivity index (χ0) is 26.1. The van der Waals surface area contributed by atoms with E-state index in [1.807, 2.05) is 0 Å². The maximum atomic E-state index is 13.4. The van der Waals surface area contributed by atoms with Gasteiger partial charge in [0.05, 0.1) is 17.9 Å². The van der Waals surface area contributed by atoms with Crippen molar-refractivity contribution in [2.75, 3.05) is 46.5 Å². The second kappa shape index (κ2) is 12.4. The first-order valence-electron chi connectivity index (χ1n) is 11.4. The average Bonchev–Trinajstić information content (AvgIpc) is 3.34. The molecule has 0 radical (unpaired) electrons. The number of nitrogens with one attached hydrogen (secondary N) is 2. The number of ether oxygens (including phenoxy) is 2. The van der Waals surface area contributed by atoms with Crippen LogP contribution in [0.25, 0.3) is 5.69 Å². The SMILES string of the molecule is COCCOC(=O)N1CCC(C(=O)NCCNC(=O)c2cn(-c3ccccc3)nc2C(F)(F)F)CC1. The van der Waals surface area contributed by atoms with E-state index in [-0.39, 0.29) is 31.5 Å². The van der Waals surface area contributed by atoms with Crippen molar-refractivity contribution in [1.29, 1.82) is 0 Å². The lowest BCUT2D eigenvalue weighted by molar-refractivity contribution is -0.141. The molecule has 1 fully saturated rings. The standard InChI is InChI=1S/C23H28F3N5O5/c1-35-13-14-36-22(34)30-11-7-16(8-12-30)20(32)27-9-10-28-21(33)18-15-31(17-5-3-2-4-6-17)29-19(18)23(24,25)26/h2-6,15-16H,7-14H2,1H3,(H,27,32)(H,28,33). The van der Waals surface area contributed by atoms with Crippen molar-refractivity contribution < 1.29 is 37.0 Å². The summed E-state index contributed by atoms with van der Waals surface area (Å²) in [6.45, 7) is 1.16. The topological polar surface area (TPSA) is 115 Å². The molecule has 3 rings (SSSR count). The lowest BCUT2D eigenvalue weighted by atomic mass is 9.96. The molecule has 0 aliphatic carbocycles. The number of likely N-dealkylation sites (tertiary alicyclic amines) is 1. The molecule has 10 nitrogen and oxygen atoms in total. The summed E-state index contributed by atoms with van der Waals surface area (Å²) in [5.74, 6) is -1.51. The van der Waals surface area contributed by atoms with Gasteiger partial charge in [-0.2, -0.15) is 18.3 Å². The third kappa shape index (κ3) is 7.20. The van der Waals surface area contributed by atoms with E-state index < -0.39 is 29.4 Å². The van der Waals surface area contributed by atoms with Crippen LogP contribution in [0.2, 0.25) is 0 Å². The molecule has 13 heteroatoms. The number of methoxy groups -OCH3 is 1. The molecule has 1 aliphatic rings. The molecule has 196 valence electrons. The lowest BCUT2D eigenvalue weighted by Crippen LogP contribution is -2.44. The molecular weight excluding hydrogens is 483 g/mol. The van der Waals surface area contributed by atoms with Crippen LogP contribution in [-0.4, -0.2) is 79.1 Å². The minimum atomic E-state index is -4.81. The number of aromatic nitrogens is 2. The molecule has 0 atom stereocenters. The van der Waals surface area contributed by atoms with Crippen LogP contribution in [-0.2, 0) is 20.4 Å². The smallest absolute Gasteiger partial charge is 0.435 e. The summed E-state index contributed by atoms with van der Waals surface area (Å²) >= 11 is 0. The van der Waals surface area contributed by atoms with E-state index in [0.717, 1.165) is 10.9 Å². The fourth-order valence-electron chi connectivity index (χ4n) is 3.69. The maximum Gasteiger partial charge on any atom is 0.435 e. The Morgan fingerprint density at radius 1 is 1.06 bits per heavy atom. The predicted octanol–water partition coefficient (Wildman–Crippen LogP) is 2.23. The summed E-state index contributed by atoms with van der Waals surface area (Å²) in [6, 6.07) is 8.14. The van der Waals surface area contributed by atoms with Crippen LogP contribution in [0.15, 0.2) is 36.5 Å². The first-order valence-corrected chi connectivity index (χ1v) is 11.4. The molecule has 2 aromatic rings. The first-order chi connectivity index (χ1) is 17.2. The molecule has 3 amide bonds. The summed E-state index contributed by atoms with van der Waals surface area (Å²) < 4.78 is 51.2. The fourth-order valence-corrected chi connectivity index (χ4v) is 3.69. The highest BCUT2D eigenvalue weighted by Gasteiger charge is 2.39. The Bertz CT molecular complexity index is 1040. The van der Waals surface area contributed by atoms with Gasteiger partial charge in [0.1, 0.15) is 6.61 Å². The summed E-state index contributed by atoms with van der Waals surface area (Å²) in [4.78, 5) is 38.3. The lowest BCUT2D eigenvalue weighted by Gasteiger charge is -2.30. The van der Waals surface area contributed by atoms with Crippen molar-refractivity contribution in [2.45, 2.75) is 19.0 Å². The third-order valence-corrected chi connectivity index (χ3v) is 5.59. The van der Waals surface area contributed by atoms with Gasteiger partial charge in [0, 0.05) is 45.4 Å². The minimum Gasteiger partial charge on any atom is -0.447 e. The van der Waals surface area contributed by atoms with Crippen LogP contribution in [0.5, 0.6) is 0 Å². The van der Waals surface area contributed by atoms with Crippen LogP contribution < -0.4 is 10.6 Å². The number of hydrogen-bond donors (Lipinski definition) is 2. The Balaban J connectivity index is 1.46. The predicted molar refractivity (Wildman–Crippen MR) is 121 cm³/mol. The monoisotopic (exact) mass is 511 g/mol. The summed E-state index contributed by atoms with van der Waals surface area (Å²) in [5.41, 5.74) is -1.52. The number of carbonyl (C=O) groups is 3. The molecule has 0 saturated carbocycles. The van der Waals surface area contributed by atoms with Crippen molar-refractivity contribution in [3.63, 3.8) is 0 Å². The molecule has 2 heterocycles. The Hall–Kier alpha value is -3.61. The molecular formula is C23H28F3N5O5. The second-order valence-corrected chi connectivity index (χ2v) is 8.08. The van der Waals surface area contributed by atoms with Gasteiger partial charge in [0.2, 0.25) is 5.91 Å². The van der Waals surface area contributed by atoms with Crippen molar-refractivity contribution in [3.8, 4) is 5.69 Å². The summed E-state index contributed by atoms with van der Waals surface area (Å²) in [5, 5.41) is 8.62. The Kier molecular flexibility index (Phi) is 9.28. The molecule has 1 aliphatic heterocycles. The number of nitrogens with zero attached hydrogens (tertiary/aromatic N) is 3. The van der Waals surface area contributed by atoms with Crippen LogP contribution in [0.4, 0.5) is 18.0 Å². The van der Waals surface area contributed by atoms with Gasteiger partial charge in [-0.05, 0) is 25.0 Å². The Morgan fingerprint density at radius 3 is 2.36 bits per heavy atom. The number of rotatable bonds is 9. The summed E-state index contributed by atoms with van der Waals surface area (Å²) in [6.07, 6.45) is -3.34. The highest BCUT2D eigenvalue weighted by molar-refractivity contribution is 5.95. The molecule has 0 spiro atoms. The van der Waals surface area contributed by atoms with Crippen LogP contribution >= 0.6 is 0 Å². The van der Waals surface area contributed by atoms with Gasteiger partial charge in [-0.1, -0.05) is 18.2 Å². The number of para-hydroxylation sites is 1. The number of hydrogen-bond acceptors (Lipinski definition) is 6. The van der Waals surface area contributed by atoms with E-state index in [0.29, 0.717) is 38.2 Å². The van der Waals surface area contributed by atoms with E-state index >= 15 is 0 Å². The van der Waals surface area contributed by atoms with Gasteiger partial charge in [0.15, 0.2) is 5.69 Å². The number of amides is 3. The molecule has 1 aromatic carbocycles. The zero-order valence-electron chi connectivity index (χ0n) is 19.7. The number of benzene rings is 1. The quantitative estimate of drug-likeness (QED) is 0.499. The van der Waals surface area contributed by atoms with Gasteiger partial charge < -0.3 is 25.0 Å². The molecule has 2 N–H and O–H groups in total. The van der Waals surface area contributed by atoms with Crippen LogP contribution in [0, 0.1) is 5.92 Å². The second-order valence-electron chi connectivity index (χ2n) is 8.08. The maximum absolute atomic E-state index is 13.4. The van der Waals surface area contributed by atoms with E-state index in [1.165, 1.54) is 12.0 Å². The number of alkyl halides is 3. The minimum absolute atomic E-state index is 0.0397. The normalized spacial score (nSPS) is 14.4. The molecule has 0 unspecified atom stereocenters. The van der Waals surface area contributed by atoms with Crippen molar-refractivity contribution >= 4 is 17.9 Å². The Morgan fingerprint density at radius 2 is 1.72 bits per heavy atom. The van der Waals surface area contributed by atoms with Crippen LogP contribution in [0.3, 0.4) is 0 Å². The van der Waals surface area contributed by atoms with Crippen molar-refractivity contribution in [1.82, 2.24) is 25.3 Å². The first kappa shape index (κ1) is 27.0. The van der Waals surface area contributed by atoms with Crippen molar-refractivity contribution in [2.24, 2.45) is 5.92 Å². The highest BCUT2D eigenvalue weighted by atomic mass is 19.4. The molecule has 36 heavy (non-hydrogen) atoms. The number of piperidine rings is 1. The largest absolute Gasteiger partial charge is 0.447 e. The van der Waals surface area contributed by atoms with E-state index in [1.54, 1.807) is 30.3 Å². The third-order valence-electron chi connectivity index (χ3n) is 5.59. The average molecular weight is 512 g/mol. The summed E-state index contributed by atoms with van der Waals surface area (Å²) in [7, 11) is 1.50. The molecule has 0 bridgehead atoms. The van der Waals surface area contributed by atoms with E-state index in [9.17, 15) is 27.6 Å².